The summed E-state index contributed by atoms with van der Waals surface area (Å²) in [4.78, 5) is 15.6. The van der Waals surface area contributed by atoms with Crippen molar-refractivity contribution in [1.29, 1.82) is 0 Å². The third-order valence-corrected chi connectivity index (χ3v) is 6.24. The molecule has 0 aliphatic heterocycles. The molecule has 4 nitrogen and oxygen atoms in total. The lowest BCUT2D eigenvalue weighted by Gasteiger charge is -2.22. The van der Waals surface area contributed by atoms with Gasteiger partial charge in [0.1, 0.15) is 5.82 Å². The number of pyridine rings is 1. The van der Waals surface area contributed by atoms with Crippen LogP contribution in [0.5, 0.6) is 0 Å². The number of aromatic nitrogens is 1. The molecule has 0 bridgehead atoms. The molecule has 146 valence electrons. The largest absolute Gasteiger partial charge is 0.371 e. The van der Waals surface area contributed by atoms with Gasteiger partial charge < -0.3 is 15.6 Å². The van der Waals surface area contributed by atoms with Crippen molar-refractivity contribution in [2.24, 2.45) is 5.92 Å². The van der Waals surface area contributed by atoms with E-state index in [1.807, 2.05) is 42.5 Å². The highest BCUT2D eigenvalue weighted by molar-refractivity contribution is 6.42. The van der Waals surface area contributed by atoms with Crippen molar-refractivity contribution in [3.8, 4) is 0 Å². The van der Waals surface area contributed by atoms with E-state index in [1.54, 1.807) is 6.07 Å². The van der Waals surface area contributed by atoms with Crippen LogP contribution in [0.25, 0.3) is 10.9 Å². The molecule has 0 spiro atoms. The number of aromatic amines is 1. The molecule has 1 aliphatic rings. The molecule has 6 heteroatoms. The Morgan fingerprint density at radius 1 is 1.04 bits per heavy atom. The van der Waals surface area contributed by atoms with Crippen molar-refractivity contribution in [2.45, 2.75) is 31.8 Å². The summed E-state index contributed by atoms with van der Waals surface area (Å²) in [5.41, 5.74) is 2.03. The van der Waals surface area contributed by atoms with E-state index < -0.39 is 0 Å². The maximum atomic E-state index is 12.3. The zero-order valence-corrected chi connectivity index (χ0v) is 17.0. The van der Waals surface area contributed by atoms with E-state index >= 15 is 0 Å². The minimum atomic E-state index is 0.0394. The Morgan fingerprint density at radius 2 is 1.89 bits per heavy atom. The van der Waals surface area contributed by atoms with Gasteiger partial charge in [0.25, 0.3) is 0 Å². The van der Waals surface area contributed by atoms with Crippen LogP contribution in [0.15, 0.2) is 53.3 Å². The van der Waals surface area contributed by atoms with E-state index in [-0.39, 0.29) is 5.43 Å². The fraction of sp³-hybridized carbons (Fsp3) is 0.318. The van der Waals surface area contributed by atoms with Crippen molar-refractivity contribution in [3.05, 3.63) is 74.4 Å². The second-order valence-electron chi connectivity index (χ2n) is 7.40. The number of hydrogen-bond donors (Lipinski definition) is 3. The molecule has 1 heterocycles. The van der Waals surface area contributed by atoms with Crippen LogP contribution in [0.3, 0.4) is 0 Å². The normalized spacial score (nSPS) is 19.2. The van der Waals surface area contributed by atoms with E-state index in [0.717, 1.165) is 41.8 Å². The van der Waals surface area contributed by atoms with Crippen LogP contribution >= 0.6 is 23.2 Å². The number of para-hydroxylation sites is 1. The first kappa shape index (κ1) is 19.3. The molecule has 2 aromatic carbocycles. The summed E-state index contributed by atoms with van der Waals surface area (Å²) in [6.45, 7) is 1.60. The Hall–Kier alpha value is -2.01. The molecule has 1 aliphatic carbocycles. The summed E-state index contributed by atoms with van der Waals surface area (Å²) in [6.07, 6.45) is 3.53. The number of hydrogen-bond acceptors (Lipinski definition) is 3. The Kier molecular flexibility index (Phi) is 5.90. The molecular formula is C22H23Cl2N3O. The van der Waals surface area contributed by atoms with Crippen LogP contribution in [0.4, 0.5) is 5.82 Å². The number of nitrogens with one attached hydrogen (secondary N) is 3. The number of rotatable bonds is 6. The van der Waals surface area contributed by atoms with E-state index in [2.05, 4.69) is 15.6 Å². The standard InChI is InChI=1S/C22H23Cl2N3O/c23-17-9-8-14(10-18(17)24)12-25-19-7-3-4-15(19)13-26-22-11-21(28)16-5-1-2-6-20(16)27-22/h1-2,5-6,8-11,15,19,25H,3-4,7,12-13H2,(H2,26,27,28)/t15-,19+/m0/s1. The number of halogens is 2. The highest BCUT2D eigenvalue weighted by atomic mass is 35.5. The van der Waals surface area contributed by atoms with E-state index in [4.69, 9.17) is 23.2 Å². The monoisotopic (exact) mass is 415 g/mol. The van der Waals surface area contributed by atoms with Crippen LogP contribution in [-0.4, -0.2) is 17.6 Å². The van der Waals surface area contributed by atoms with Gasteiger partial charge in [-0.3, -0.25) is 4.79 Å². The molecule has 2 atom stereocenters. The third-order valence-electron chi connectivity index (χ3n) is 5.50. The van der Waals surface area contributed by atoms with Gasteiger partial charge in [0, 0.05) is 30.6 Å². The van der Waals surface area contributed by atoms with Crippen molar-refractivity contribution >= 4 is 39.9 Å². The zero-order chi connectivity index (χ0) is 19.5. The Balaban J connectivity index is 1.37. The van der Waals surface area contributed by atoms with Gasteiger partial charge in [0.05, 0.1) is 15.6 Å². The van der Waals surface area contributed by atoms with E-state index in [9.17, 15) is 4.79 Å². The van der Waals surface area contributed by atoms with Crippen LogP contribution in [0.2, 0.25) is 10.0 Å². The number of benzene rings is 2. The average Bonchev–Trinajstić information content (AvgIpc) is 3.15. The Bertz CT molecular complexity index is 1030. The van der Waals surface area contributed by atoms with Gasteiger partial charge in [-0.1, -0.05) is 47.8 Å². The first-order valence-electron chi connectivity index (χ1n) is 9.63. The molecule has 3 N–H and O–H groups in total. The van der Waals surface area contributed by atoms with Gasteiger partial charge in [-0.05, 0) is 48.6 Å². The zero-order valence-electron chi connectivity index (χ0n) is 15.5. The van der Waals surface area contributed by atoms with Gasteiger partial charge in [-0.2, -0.15) is 0 Å². The summed E-state index contributed by atoms with van der Waals surface area (Å²) in [5.74, 6) is 1.29. The van der Waals surface area contributed by atoms with Crippen molar-refractivity contribution in [1.82, 2.24) is 10.3 Å². The van der Waals surface area contributed by atoms with Gasteiger partial charge in [-0.25, -0.2) is 0 Å². The van der Waals surface area contributed by atoms with Gasteiger partial charge in [0.15, 0.2) is 5.43 Å². The summed E-state index contributed by atoms with van der Waals surface area (Å²) < 4.78 is 0. The smallest absolute Gasteiger partial charge is 0.191 e. The summed E-state index contributed by atoms with van der Waals surface area (Å²) in [6, 6.07) is 15.4. The molecule has 0 saturated heterocycles. The molecule has 1 saturated carbocycles. The molecule has 28 heavy (non-hydrogen) atoms. The number of anilines is 1. The number of H-pyrrole nitrogens is 1. The highest BCUT2D eigenvalue weighted by Gasteiger charge is 2.26. The maximum absolute atomic E-state index is 12.3. The molecular weight excluding hydrogens is 393 g/mol. The summed E-state index contributed by atoms with van der Waals surface area (Å²) in [5, 5.41) is 8.98. The predicted molar refractivity (Wildman–Crippen MR) is 117 cm³/mol. The van der Waals surface area contributed by atoms with Crippen LogP contribution < -0.4 is 16.1 Å². The molecule has 0 unspecified atom stereocenters. The molecule has 1 aromatic heterocycles. The van der Waals surface area contributed by atoms with Crippen molar-refractivity contribution in [2.75, 3.05) is 11.9 Å². The first-order chi connectivity index (χ1) is 13.6. The molecule has 3 aromatic rings. The number of fused-ring (bicyclic) bond motifs is 1. The quantitative estimate of drug-likeness (QED) is 0.517. The molecule has 0 amide bonds. The lowest BCUT2D eigenvalue weighted by atomic mass is 10.0. The lowest BCUT2D eigenvalue weighted by molar-refractivity contribution is 0.413. The predicted octanol–water partition coefficient (Wildman–Crippen LogP) is 5.21. The van der Waals surface area contributed by atoms with Crippen LogP contribution in [0.1, 0.15) is 24.8 Å². The van der Waals surface area contributed by atoms with Crippen LogP contribution in [-0.2, 0) is 6.54 Å². The Morgan fingerprint density at radius 3 is 2.75 bits per heavy atom. The summed E-state index contributed by atoms with van der Waals surface area (Å²) in [7, 11) is 0. The minimum absolute atomic E-state index is 0.0394. The minimum Gasteiger partial charge on any atom is -0.371 e. The van der Waals surface area contributed by atoms with Crippen molar-refractivity contribution in [3.63, 3.8) is 0 Å². The lowest BCUT2D eigenvalue weighted by Crippen LogP contribution is -2.35. The molecule has 0 radical (unpaired) electrons. The van der Waals surface area contributed by atoms with E-state index in [0.29, 0.717) is 22.0 Å². The highest BCUT2D eigenvalue weighted by Crippen LogP contribution is 2.27. The average molecular weight is 416 g/mol. The summed E-state index contributed by atoms with van der Waals surface area (Å²) >= 11 is 12.1. The fourth-order valence-corrected chi connectivity index (χ4v) is 4.30. The molecule has 1 fully saturated rings. The van der Waals surface area contributed by atoms with Crippen molar-refractivity contribution < 1.29 is 0 Å². The second-order valence-corrected chi connectivity index (χ2v) is 8.21. The first-order valence-corrected chi connectivity index (χ1v) is 10.4. The van der Waals surface area contributed by atoms with Gasteiger partial charge in [-0.15, -0.1) is 0 Å². The topological polar surface area (TPSA) is 56.9 Å². The SMILES string of the molecule is O=c1cc(NC[C@@H]2CCC[C@H]2NCc2ccc(Cl)c(Cl)c2)[nH]c2ccccc12. The van der Waals surface area contributed by atoms with E-state index in [1.165, 1.54) is 12.8 Å². The maximum Gasteiger partial charge on any atom is 0.191 e. The van der Waals surface area contributed by atoms with Gasteiger partial charge >= 0.3 is 0 Å². The second kappa shape index (κ2) is 8.56. The third kappa shape index (κ3) is 4.35. The van der Waals surface area contributed by atoms with Crippen LogP contribution in [0, 0.1) is 5.92 Å². The Labute approximate surface area is 174 Å². The molecule has 4 rings (SSSR count). The fourth-order valence-electron chi connectivity index (χ4n) is 3.98. The van der Waals surface area contributed by atoms with Gasteiger partial charge in [0.2, 0.25) is 0 Å².